The number of carbonyl (C=O) groups excluding carboxylic acids is 1. The van der Waals surface area contributed by atoms with Crippen molar-refractivity contribution in [1.29, 1.82) is 0 Å². The third kappa shape index (κ3) is 4.54. The summed E-state index contributed by atoms with van der Waals surface area (Å²) in [4.78, 5) is 20.0. The molecule has 3 aromatic rings. The number of carbonyl (C=O) groups is 1. The quantitative estimate of drug-likeness (QED) is 0.622. The van der Waals surface area contributed by atoms with Gasteiger partial charge in [-0.15, -0.1) is 0 Å². The average molecular weight is 451 g/mol. The van der Waals surface area contributed by atoms with Crippen LogP contribution in [0.2, 0.25) is 0 Å². The van der Waals surface area contributed by atoms with Crippen molar-refractivity contribution in [1.82, 2.24) is 19.8 Å². The zero-order valence-electron chi connectivity index (χ0n) is 19.1. The SMILES string of the molecule is COc1ccc(CNC(=O)[C@H]2Cn3ccnc3C3(CCN(Cc4ccc(C)o4)CC3)O2)cc1. The van der Waals surface area contributed by atoms with Crippen molar-refractivity contribution in [2.45, 2.75) is 51.1 Å². The molecule has 8 nitrogen and oxygen atoms in total. The van der Waals surface area contributed by atoms with E-state index in [0.717, 1.165) is 61.1 Å². The average Bonchev–Trinajstić information content (AvgIpc) is 3.48. The molecule has 1 spiro atoms. The molecule has 2 aliphatic heterocycles. The number of nitrogens with zero attached hydrogens (tertiary/aromatic N) is 3. The summed E-state index contributed by atoms with van der Waals surface area (Å²) in [6.07, 6.45) is 4.76. The monoisotopic (exact) mass is 450 g/mol. The number of ether oxygens (including phenoxy) is 2. The minimum Gasteiger partial charge on any atom is -0.497 e. The lowest BCUT2D eigenvalue weighted by Gasteiger charge is -2.45. The van der Waals surface area contributed by atoms with E-state index in [1.807, 2.05) is 49.5 Å². The zero-order valence-corrected chi connectivity index (χ0v) is 19.1. The topological polar surface area (TPSA) is 81.8 Å². The molecule has 0 saturated carbocycles. The number of hydrogen-bond acceptors (Lipinski definition) is 6. The molecule has 2 aromatic heterocycles. The third-order valence-corrected chi connectivity index (χ3v) is 6.61. The molecule has 1 N–H and O–H groups in total. The van der Waals surface area contributed by atoms with E-state index in [0.29, 0.717) is 13.1 Å². The van der Waals surface area contributed by atoms with Crippen LogP contribution in [0, 0.1) is 6.92 Å². The van der Waals surface area contributed by atoms with E-state index in [1.165, 1.54) is 0 Å². The summed E-state index contributed by atoms with van der Waals surface area (Å²) >= 11 is 0. The van der Waals surface area contributed by atoms with Crippen LogP contribution in [0.15, 0.2) is 53.2 Å². The van der Waals surface area contributed by atoms with Gasteiger partial charge in [0.05, 0.1) is 20.2 Å². The van der Waals surface area contributed by atoms with E-state index in [2.05, 4.69) is 19.8 Å². The molecule has 174 valence electrons. The van der Waals surface area contributed by atoms with Crippen molar-refractivity contribution in [3.05, 3.63) is 71.7 Å². The second-order valence-corrected chi connectivity index (χ2v) is 8.86. The highest BCUT2D eigenvalue weighted by atomic mass is 16.5. The lowest BCUT2D eigenvalue weighted by molar-refractivity contribution is -0.174. The third-order valence-electron chi connectivity index (χ3n) is 6.61. The fraction of sp³-hybridized carbons (Fsp3) is 0.440. The first-order valence-electron chi connectivity index (χ1n) is 11.4. The standard InChI is InChI=1S/C25H30N4O4/c1-18-3-6-21(32-18)16-28-12-9-25(10-13-28)24-26-11-14-29(24)17-22(33-25)23(30)27-15-19-4-7-20(31-2)8-5-19/h3-8,11,14,22H,9-10,12-13,15-17H2,1-2H3,(H,27,30)/t22-/m1/s1. The predicted molar refractivity (Wildman–Crippen MR) is 122 cm³/mol. The van der Waals surface area contributed by atoms with Gasteiger partial charge < -0.3 is 23.8 Å². The van der Waals surface area contributed by atoms with Crippen LogP contribution in [0.4, 0.5) is 0 Å². The summed E-state index contributed by atoms with van der Waals surface area (Å²) in [6, 6.07) is 11.7. The number of piperidine rings is 1. The van der Waals surface area contributed by atoms with Gasteiger partial charge in [-0.1, -0.05) is 12.1 Å². The van der Waals surface area contributed by atoms with Crippen LogP contribution in [-0.4, -0.2) is 46.7 Å². The molecular formula is C25H30N4O4. The van der Waals surface area contributed by atoms with Crippen LogP contribution in [0.1, 0.15) is 35.7 Å². The molecule has 0 unspecified atom stereocenters. The number of aryl methyl sites for hydroxylation is 1. The van der Waals surface area contributed by atoms with Gasteiger partial charge in [0.1, 0.15) is 28.7 Å². The maximum atomic E-state index is 13.0. The minimum absolute atomic E-state index is 0.0990. The second kappa shape index (κ2) is 9.03. The fourth-order valence-electron chi connectivity index (χ4n) is 4.78. The molecule has 0 aliphatic carbocycles. The normalized spacial score (nSPS) is 19.9. The van der Waals surface area contributed by atoms with E-state index in [9.17, 15) is 4.79 Å². The molecule has 0 radical (unpaired) electrons. The summed E-state index contributed by atoms with van der Waals surface area (Å²) in [5.74, 6) is 3.53. The molecule has 4 heterocycles. The second-order valence-electron chi connectivity index (χ2n) is 8.86. The fourth-order valence-corrected chi connectivity index (χ4v) is 4.78. The summed E-state index contributed by atoms with van der Waals surface area (Å²) in [5.41, 5.74) is 0.471. The maximum Gasteiger partial charge on any atom is 0.251 e. The number of rotatable bonds is 6. The number of nitrogens with one attached hydrogen (secondary N) is 1. The van der Waals surface area contributed by atoms with Crippen LogP contribution >= 0.6 is 0 Å². The van der Waals surface area contributed by atoms with Crippen molar-refractivity contribution in [3.8, 4) is 5.75 Å². The van der Waals surface area contributed by atoms with E-state index in [4.69, 9.17) is 13.9 Å². The van der Waals surface area contributed by atoms with Crippen LogP contribution < -0.4 is 10.1 Å². The Labute approximate surface area is 193 Å². The summed E-state index contributed by atoms with van der Waals surface area (Å²) < 4.78 is 19.5. The molecule has 1 aromatic carbocycles. The Balaban J connectivity index is 1.24. The molecule has 2 aliphatic rings. The first kappa shape index (κ1) is 21.7. The van der Waals surface area contributed by atoms with Gasteiger partial charge >= 0.3 is 0 Å². The maximum absolute atomic E-state index is 13.0. The number of furan rings is 1. The van der Waals surface area contributed by atoms with Gasteiger partial charge in [0, 0.05) is 32.0 Å². The van der Waals surface area contributed by atoms with Gasteiger partial charge in [0.25, 0.3) is 5.91 Å². The van der Waals surface area contributed by atoms with Crippen molar-refractivity contribution >= 4 is 5.91 Å². The predicted octanol–water partition coefficient (Wildman–Crippen LogP) is 3.00. The highest BCUT2D eigenvalue weighted by Crippen LogP contribution is 2.40. The van der Waals surface area contributed by atoms with Gasteiger partial charge in [-0.3, -0.25) is 9.69 Å². The Morgan fingerprint density at radius 3 is 2.70 bits per heavy atom. The molecule has 8 heteroatoms. The van der Waals surface area contributed by atoms with Gasteiger partial charge in [-0.05, 0) is 49.6 Å². The summed E-state index contributed by atoms with van der Waals surface area (Å²) in [6.45, 7) is 5.37. The number of methoxy groups -OCH3 is 1. The summed E-state index contributed by atoms with van der Waals surface area (Å²) in [5, 5.41) is 3.03. The van der Waals surface area contributed by atoms with Gasteiger partial charge in [0.15, 0.2) is 6.10 Å². The Morgan fingerprint density at radius 1 is 1.21 bits per heavy atom. The first-order valence-corrected chi connectivity index (χ1v) is 11.4. The lowest BCUT2D eigenvalue weighted by Crippen LogP contribution is -2.53. The van der Waals surface area contributed by atoms with E-state index >= 15 is 0 Å². The van der Waals surface area contributed by atoms with Crippen molar-refractivity contribution < 1.29 is 18.7 Å². The van der Waals surface area contributed by atoms with Crippen LogP contribution in [0.25, 0.3) is 0 Å². The van der Waals surface area contributed by atoms with Crippen LogP contribution in [0.3, 0.4) is 0 Å². The van der Waals surface area contributed by atoms with E-state index in [-0.39, 0.29) is 5.91 Å². The number of likely N-dealkylation sites (tertiary alicyclic amines) is 1. The molecular weight excluding hydrogens is 420 g/mol. The Bertz CT molecular complexity index is 1100. The minimum atomic E-state index is -0.552. The van der Waals surface area contributed by atoms with Crippen molar-refractivity contribution in [3.63, 3.8) is 0 Å². The van der Waals surface area contributed by atoms with Gasteiger partial charge in [-0.25, -0.2) is 4.98 Å². The summed E-state index contributed by atoms with van der Waals surface area (Å²) in [7, 11) is 1.64. The largest absolute Gasteiger partial charge is 0.497 e. The number of amides is 1. The Kier molecular flexibility index (Phi) is 5.95. The lowest BCUT2D eigenvalue weighted by atomic mass is 9.88. The molecule has 1 fully saturated rings. The number of hydrogen-bond donors (Lipinski definition) is 1. The van der Waals surface area contributed by atoms with Crippen LogP contribution in [-0.2, 0) is 34.8 Å². The number of imidazole rings is 1. The highest BCUT2D eigenvalue weighted by Gasteiger charge is 2.47. The number of aromatic nitrogens is 2. The number of benzene rings is 1. The van der Waals surface area contributed by atoms with Gasteiger partial charge in [-0.2, -0.15) is 0 Å². The smallest absolute Gasteiger partial charge is 0.251 e. The van der Waals surface area contributed by atoms with Crippen molar-refractivity contribution in [2.24, 2.45) is 0 Å². The highest BCUT2D eigenvalue weighted by molar-refractivity contribution is 5.81. The number of fused-ring (bicyclic) bond motifs is 2. The van der Waals surface area contributed by atoms with Crippen molar-refractivity contribution in [2.75, 3.05) is 20.2 Å². The molecule has 1 atom stereocenters. The van der Waals surface area contributed by atoms with E-state index in [1.54, 1.807) is 13.3 Å². The molecule has 33 heavy (non-hydrogen) atoms. The Morgan fingerprint density at radius 2 is 2.00 bits per heavy atom. The van der Waals surface area contributed by atoms with Crippen LogP contribution in [0.5, 0.6) is 5.75 Å². The zero-order chi connectivity index (χ0) is 22.8. The molecule has 5 rings (SSSR count). The molecule has 1 saturated heterocycles. The first-order chi connectivity index (χ1) is 16.0. The Hall–Kier alpha value is -3.10. The molecule has 0 bridgehead atoms. The molecule has 1 amide bonds. The van der Waals surface area contributed by atoms with E-state index < -0.39 is 11.7 Å². The van der Waals surface area contributed by atoms with Gasteiger partial charge in [0.2, 0.25) is 0 Å².